The van der Waals surface area contributed by atoms with Gasteiger partial charge in [-0.2, -0.15) is 0 Å². The molecule has 0 radical (unpaired) electrons. The predicted molar refractivity (Wildman–Crippen MR) is 146 cm³/mol. The molecule has 2 fully saturated rings. The Morgan fingerprint density at radius 1 is 1.08 bits per heavy atom. The Morgan fingerprint density at radius 2 is 1.84 bits per heavy atom. The highest BCUT2D eigenvalue weighted by Crippen LogP contribution is 2.38. The normalized spacial score (nSPS) is 21.9. The second-order valence-corrected chi connectivity index (χ2v) is 10.2. The van der Waals surface area contributed by atoms with Crippen molar-refractivity contribution in [2.24, 2.45) is 0 Å². The number of carbonyl (C=O) groups excluding carboxylic acids is 1. The highest BCUT2D eigenvalue weighted by atomic mass is 35.5. The van der Waals surface area contributed by atoms with E-state index in [4.69, 9.17) is 37.4 Å². The molecule has 38 heavy (non-hydrogen) atoms. The van der Waals surface area contributed by atoms with Gasteiger partial charge in [0, 0.05) is 48.0 Å². The number of benzene rings is 3. The zero-order valence-electron chi connectivity index (χ0n) is 20.9. The second kappa shape index (κ2) is 11.4. The lowest BCUT2D eigenvalue weighted by molar-refractivity contribution is -0.164. The van der Waals surface area contributed by atoms with Crippen LogP contribution >= 0.6 is 23.2 Å². The molecule has 8 nitrogen and oxygen atoms in total. The summed E-state index contributed by atoms with van der Waals surface area (Å²) >= 11 is 12.4. The Labute approximate surface area is 231 Å². The summed E-state index contributed by atoms with van der Waals surface area (Å²) in [6.07, 6.45) is -0.241. The molecule has 0 spiro atoms. The second-order valence-electron chi connectivity index (χ2n) is 9.39. The number of phenolic OH excluding ortho intramolecular Hbond substituents is 1. The number of hydrogen-bond donors (Lipinski definition) is 2. The van der Waals surface area contributed by atoms with Crippen LogP contribution in [0.2, 0.25) is 10.0 Å². The lowest BCUT2D eigenvalue weighted by atomic mass is 10.1. The minimum Gasteiger partial charge on any atom is -0.508 e. The maximum atomic E-state index is 12.4. The van der Waals surface area contributed by atoms with Crippen LogP contribution in [0, 0.1) is 0 Å². The summed E-state index contributed by atoms with van der Waals surface area (Å²) in [5.74, 6) is -0.374. The summed E-state index contributed by atoms with van der Waals surface area (Å²) < 4.78 is 18.0. The van der Waals surface area contributed by atoms with E-state index in [2.05, 4.69) is 10.3 Å². The number of anilines is 1. The van der Waals surface area contributed by atoms with Gasteiger partial charge in [0.1, 0.15) is 24.2 Å². The number of ether oxygens (including phenoxy) is 3. The van der Waals surface area contributed by atoms with Crippen LogP contribution in [0.1, 0.15) is 22.8 Å². The SMILES string of the molecule is C[C@]1(c2ccc(Cl)cc2Cl)OC[C@@H](COc2ccc(N3CCN(NC(=O)c4cccc(O)c4)CC3)cc2)O1. The number of nitrogens with one attached hydrogen (secondary N) is 1. The van der Waals surface area contributed by atoms with E-state index in [1.165, 1.54) is 12.1 Å². The van der Waals surface area contributed by atoms with E-state index in [0.717, 1.165) is 30.1 Å². The van der Waals surface area contributed by atoms with E-state index in [1.807, 2.05) is 42.3 Å². The van der Waals surface area contributed by atoms with Gasteiger partial charge in [-0.15, -0.1) is 0 Å². The van der Waals surface area contributed by atoms with E-state index < -0.39 is 5.79 Å². The average molecular weight is 558 g/mol. The minimum atomic E-state index is -0.954. The van der Waals surface area contributed by atoms with E-state index >= 15 is 0 Å². The van der Waals surface area contributed by atoms with Gasteiger partial charge < -0.3 is 24.2 Å². The van der Waals surface area contributed by atoms with Gasteiger partial charge in [0.15, 0.2) is 5.79 Å². The number of nitrogens with zero attached hydrogens (tertiary/aromatic N) is 2. The first kappa shape index (κ1) is 26.6. The standard InChI is InChI=1S/C28H29Cl2N3O5/c1-28(25-10-5-20(29)16-26(25)30)37-18-24(38-28)17-36-23-8-6-21(7-9-23)32-11-13-33(14-12-32)31-27(35)19-3-2-4-22(34)15-19/h2-10,15-16,24,34H,11-14,17-18H2,1H3,(H,31,35)/t24-,28+/m1/s1. The molecule has 2 heterocycles. The smallest absolute Gasteiger partial charge is 0.265 e. The van der Waals surface area contributed by atoms with Gasteiger partial charge >= 0.3 is 0 Å². The van der Waals surface area contributed by atoms with Crippen molar-refractivity contribution < 1.29 is 24.1 Å². The molecule has 2 aliphatic rings. The van der Waals surface area contributed by atoms with E-state index in [9.17, 15) is 9.90 Å². The summed E-state index contributed by atoms with van der Waals surface area (Å²) in [5.41, 5.74) is 5.15. The lowest BCUT2D eigenvalue weighted by Gasteiger charge is -2.36. The molecule has 200 valence electrons. The molecule has 0 aromatic heterocycles. The monoisotopic (exact) mass is 557 g/mol. The van der Waals surface area contributed by atoms with Crippen molar-refractivity contribution in [1.82, 2.24) is 10.4 Å². The highest BCUT2D eigenvalue weighted by Gasteiger charge is 2.40. The molecule has 2 saturated heterocycles. The maximum Gasteiger partial charge on any atom is 0.265 e. The van der Waals surface area contributed by atoms with Crippen LogP contribution < -0.4 is 15.1 Å². The summed E-state index contributed by atoms with van der Waals surface area (Å²) in [7, 11) is 0. The Kier molecular flexibility index (Phi) is 7.97. The molecular formula is C28H29Cl2N3O5. The van der Waals surface area contributed by atoms with Crippen molar-refractivity contribution >= 4 is 34.8 Å². The lowest BCUT2D eigenvalue weighted by Crippen LogP contribution is -2.53. The van der Waals surface area contributed by atoms with Crippen LogP contribution in [-0.4, -0.2) is 61.5 Å². The van der Waals surface area contributed by atoms with Crippen molar-refractivity contribution in [3.63, 3.8) is 0 Å². The largest absolute Gasteiger partial charge is 0.508 e. The quantitative estimate of drug-likeness (QED) is 0.430. The first-order chi connectivity index (χ1) is 18.3. The van der Waals surface area contributed by atoms with Gasteiger partial charge in [-0.1, -0.05) is 35.3 Å². The van der Waals surface area contributed by atoms with Crippen LogP contribution in [0.5, 0.6) is 11.5 Å². The zero-order chi connectivity index (χ0) is 26.7. The fourth-order valence-electron chi connectivity index (χ4n) is 4.59. The number of amides is 1. The number of halogens is 2. The summed E-state index contributed by atoms with van der Waals surface area (Å²) in [6, 6.07) is 19.5. The van der Waals surface area contributed by atoms with E-state index in [1.54, 1.807) is 24.3 Å². The van der Waals surface area contributed by atoms with E-state index in [0.29, 0.717) is 41.9 Å². The zero-order valence-corrected chi connectivity index (χ0v) is 22.4. The van der Waals surface area contributed by atoms with Crippen molar-refractivity contribution in [3.8, 4) is 11.5 Å². The number of carbonyl (C=O) groups is 1. The molecule has 0 bridgehead atoms. The van der Waals surface area contributed by atoms with Gasteiger partial charge in [0.2, 0.25) is 0 Å². The highest BCUT2D eigenvalue weighted by molar-refractivity contribution is 6.35. The fourth-order valence-corrected chi connectivity index (χ4v) is 5.17. The van der Waals surface area contributed by atoms with Crippen LogP contribution in [0.15, 0.2) is 66.7 Å². The molecule has 3 aromatic rings. The van der Waals surface area contributed by atoms with Crippen LogP contribution in [0.4, 0.5) is 5.69 Å². The summed E-state index contributed by atoms with van der Waals surface area (Å²) in [4.78, 5) is 14.7. The molecule has 0 saturated carbocycles. The minimum absolute atomic E-state index is 0.0697. The molecule has 5 rings (SSSR count). The number of rotatable bonds is 7. The van der Waals surface area contributed by atoms with Gasteiger partial charge in [-0.3, -0.25) is 10.2 Å². The molecular weight excluding hydrogens is 529 g/mol. The first-order valence-electron chi connectivity index (χ1n) is 12.4. The van der Waals surface area contributed by atoms with Gasteiger partial charge in [0.25, 0.3) is 5.91 Å². The van der Waals surface area contributed by atoms with Crippen molar-refractivity contribution in [2.75, 3.05) is 44.3 Å². The van der Waals surface area contributed by atoms with Gasteiger partial charge in [-0.05, 0) is 61.5 Å². The third-order valence-corrected chi connectivity index (χ3v) is 7.19. The Bertz CT molecular complexity index is 1280. The fraction of sp³-hybridized carbons (Fsp3) is 0.321. The molecule has 1 amide bonds. The van der Waals surface area contributed by atoms with Crippen molar-refractivity contribution in [3.05, 3.63) is 87.9 Å². The topological polar surface area (TPSA) is 83.5 Å². The summed E-state index contributed by atoms with van der Waals surface area (Å²) in [5, 5.41) is 12.5. The van der Waals surface area contributed by atoms with Gasteiger partial charge in [0.05, 0.1) is 11.6 Å². The number of phenols is 1. The average Bonchev–Trinajstić information content (AvgIpc) is 3.29. The van der Waals surface area contributed by atoms with E-state index in [-0.39, 0.29) is 17.8 Å². The molecule has 0 unspecified atom stereocenters. The Hall–Kier alpha value is -3.01. The number of piperazine rings is 1. The Balaban J connectivity index is 1.08. The Morgan fingerprint density at radius 3 is 2.55 bits per heavy atom. The van der Waals surface area contributed by atoms with Gasteiger partial charge in [-0.25, -0.2) is 5.01 Å². The third-order valence-electron chi connectivity index (χ3n) is 6.64. The molecule has 2 N–H and O–H groups in total. The molecule has 3 aromatic carbocycles. The van der Waals surface area contributed by atoms with Crippen LogP contribution in [-0.2, 0) is 15.3 Å². The van der Waals surface area contributed by atoms with Crippen LogP contribution in [0.3, 0.4) is 0 Å². The number of aromatic hydroxyl groups is 1. The summed E-state index contributed by atoms with van der Waals surface area (Å²) in [6.45, 7) is 5.46. The molecule has 2 atom stereocenters. The number of hydrogen-bond acceptors (Lipinski definition) is 7. The van der Waals surface area contributed by atoms with Crippen molar-refractivity contribution in [2.45, 2.75) is 18.8 Å². The molecule has 2 aliphatic heterocycles. The maximum absolute atomic E-state index is 12.4. The molecule has 10 heteroatoms. The van der Waals surface area contributed by atoms with Crippen molar-refractivity contribution in [1.29, 1.82) is 0 Å². The number of hydrazine groups is 1. The third kappa shape index (κ3) is 6.17. The molecule has 0 aliphatic carbocycles. The first-order valence-corrected chi connectivity index (χ1v) is 13.1. The predicted octanol–water partition coefficient (Wildman–Crippen LogP) is 4.83. The van der Waals surface area contributed by atoms with Crippen LogP contribution in [0.25, 0.3) is 0 Å².